The van der Waals surface area contributed by atoms with Crippen LogP contribution in [0.1, 0.15) is 5.56 Å². The van der Waals surface area contributed by atoms with Gasteiger partial charge in [0.1, 0.15) is 6.61 Å². The molecule has 0 bridgehead atoms. The van der Waals surface area contributed by atoms with Crippen LogP contribution < -0.4 is 4.74 Å². The van der Waals surface area contributed by atoms with Gasteiger partial charge in [-0.1, -0.05) is 53.0 Å². The summed E-state index contributed by atoms with van der Waals surface area (Å²) in [6.07, 6.45) is 0. The number of rotatable bonds is 3. The van der Waals surface area contributed by atoms with Gasteiger partial charge < -0.3 is 4.74 Å². The van der Waals surface area contributed by atoms with Gasteiger partial charge in [-0.3, -0.25) is 0 Å². The summed E-state index contributed by atoms with van der Waals surface area (Å²) in [5, 5.41) is 8.26. The van der Waals surface area contributed by atoms with Crippen molar-refractivity contribution in [2.75, 3.05) is 0 Å². The van der Waals surface area contributed by atoms with Crippen LogP contribution >= 0.6 is 34.8 Å². The third kappa shape index (κ3) is 3.22. The molecule has 0 fully saturated rings. The minimum absolute atomic E-state index is 0.168. The fourth-order valence-electron chi connectivity index (χ4n) is 1.21. The lowest BCUT2D eigenvalue weighted by Crippen LogP contribution is -1.98. The van der Waals surface area contributed by atoms with Gasteiger partial charge in [-0.15, -0.1) is 10.2 Å². The van der Waals surface area contributed by atoms with E-state index in [9.17, 15) is 0 Å². The average molecular weight is 290 g/mol. The first-order valence-corrected chi connectivity index (χ1v) is 5.85. The lowest BCUT2D eigenvalue weighted by molar-refractivity contribution is 0.304. The second-order valence-corrected chi connectivity index (χ2v) is 4.35. The molecule has 6 heteroatoms. The highest BCUT2D eigenvalue weighted by Gasteiger charge is 2.06. The van der Waals surface area contributed by atoms with Crippen LogP contribution in [0, 0.1) is 0 Å². The minimum Gasteiger partial charge on any atom is -0.485 e. The van der Waals surface area contributed by atoms with Crippen molar-refractivity contribution in [3.8, 4) is 5.75 Å². The van der Waals surface area contributed by atoms with Crippen LogP contribution in [0.4, 0.5) is 0 Å². The van der Waals surface area contributed by atoms with Gasteiger partial charge >= 0.3 is 0 Å². The smallest absolute Gasteiger partial charge is 0.193 e. The quantitative estimate of drug-likeness (QED) is 0.856. The van der Waals surface area contributed by atoms with E-state index in [0.29, 0.717) is 17.4 Å². The van der Waals surface area contributed by atoms with Gasteiger partial charge in [-0.05, 0) is 6.07 Å². The third-order valence-corrected chi connectivity index (χ3v) is 2.84. The van der Waals surface area contributed by atoms with E-state index in [-0.39, 0.29) is 10.3 Å². The first-order valence-electron chi connectivity index (χ1n) is 4.72. The molecule has 0 radical (unpaired) electrons. The third-order valence-electron chi connectivity index (χ3n) is 2.03. The molecule has 17 heavy (non-hydrogen) atoms. The Bertz CT molecular complexity index is 534. The topological polar surface area (TPSA) is 35.0 Å². The van der Waals surface area contributed by atoms with Crippen molar-refractivity contribution >= 4 is 34.8 Å². The monoisotopic (exact) mass is 288 g/mol. The fourth-order valence-corrected chi connectivity index (χ4v) is 1.68. The summed E-state index contributed by atoms with van der Waals surface area (Å²) < 4.78 is 5.48. The van der Waals surface area contributed by atoms with Crippen LogP contribution in [-0.4, -0.2) is 10.2 Å². The molecule has 0 aliphatic heterocycles. The number of hydrogen-bond donors (Lipinski definition) is 0. The molecule has 2 aromatic rings. The number of nitrogens with zero attached hydrogens (tertiary/aromatic N) is 2. The lowest BCUT2D eigenvalue weighted by Gasteiger charge is -2.08. The van der Waals surface area contributed by atoms with E-state index in [2.05, 4.69) is 10.2 Å². The van der Waals surface area contributed by atoms with Crippen LogP contribution in [0.3, 0.4) is 0 Å². The van der Waals surface area contributed by atoms with Gasteiger partial charge in [0.2, 0.25) is 0 Å². The summed E-state index contributed by atoms with van der Waals surface area (Å²) in [6, 6.07) is 8.90. The molecule has 0 spiro atoms. The molecule has 1 aromatic carbocycles. The molecular weight excluding hydrogens is 282 g/mol. The Morgan fingerprint density at radius 1 is 1.06 bits per heavy atom. The number of benzene rings is 1. The maximum atomic E-state index is 5.99. The van der Waals surface area contributed by atoms with Crippen molar-refractivity contribution in [2.45, 2.75) is 6.61 Å². The van der Waals surface area contributed by atoms with Crippen LogP contribution in [0.25, 0.3) is 0 Å². The second kappa shape index (κ2) is 5.54. The number of halogens is 3. The fraction of sp³-hybridized carbons (Fsp3) is 0.0909. The predicted octanol–water partition coefficient (Wildman–Crippen LogP) is 4.02. The summed E-state index contributed by atoms with van der Waals surface area (Å²) in [4.78, 5) is 0. The molecule has 3 nitrogen and oxygen atoms in total. The number of ether oxygens (including phenoxy) is 1. The zero-order valence-electron chi connectivity index (χ0n) is 8.53. The molecule has 88 valence electrons. The second-order valence-electron chi connectivity index (χ2n) is 3.20. The maximum absolute atomic E-state index is 5.99. The molecule has 0 saturated carbocycles. The van der Waals surface area contributed by atoms with Crippen molar-refractivity contribution in [3.63, 3.8) is 0 Å². The van der Waals surface area contributed by atoms with E-state index in [1.54, 1.807) is 6.07 Å². The van der Waals surface area contributed by atoms with Gasteiger partial charge in [0.05, 0.1) is 0 Å². The molecule has 1 aromatic heterocycles. The van der Waals surface area contributed by atoms with Gasteiger partial charge in [-0.25, -0.2) is 0 Å². The first-order chi connectivity index (χ1) is 8.16. The highest BCUT2D eigenvalue weighted by atomic mass is 35.5. The molecule has 2 rings (SSSR count). The Morgan fingerprint density at radius 3 is 2.59 bits per heavy atom. The van der Waals surface area contributed by atoms with Crippen LogP contribution in [0.5, 0.6) is 5.75 Å². The van der Waals surface area contributed by atoms with Crippen LogP contribution in [-0.2, 0) is 6.61 Å². The van der Waals surface area contributed by atoms with Crippen molar-refractivity contribution in [3.05, 3.63) is 51.2 Å². The maximum Gasteiger partial charge on any atom is 0.193 e. The van der Waals surface area contributed by atoms with Crippen molar-refractivity contribution in [1.29, 1.82) is 0 Å². The molecule has 0 saturated heterocycles. The molecule has 1 heterocycles. The van der Waals surface area contributed by atoms with Gasteiger partial charge in [0.15, 0.2) is 16.1 Å². The van der Waals surface area contributed by atoms with Crippen LogP contribution in [0.2, 0.25) is 15.3 Å². The number of aromatic nitrogens is 2. The standard InChI is InChI=1S/C11H7Cl3N2O/c12-8-4-2-1-3-7(8)6-17-9-5-10(13)15-16-11(9)14/h1-5H,6H2. The molecule has 0 N–H and O–H groups in total. The minimum atomic E-state index is 0.168. The zero-order valence-corrected chi connectivity index (χ0v) is 10.8. The summed E-state index contributed by atoms with van der Waals surface area (Å²) >= 11 is 17.5. The molecule has 0 atom stereocenters. The predicted molar refractivity (Wildman–Crippen MR) is 67.8 cm³/mol. The Balaban J connectivity index is 2.12. The number of hydrogen-bond acceptors (Lipinski definition) is 3. The summed E-state index contributed by atoms with van der Waals surface area (Å²) in [5.74, 6) is 0.381. The molecule has 0 aliphatic carbocycles. The van der Waals surface area contributed by atoms with Gasteiger partial charge in [-0.2, -0.15) is 0 Å². The highest BCUT2D eigenvalue weighted by molar-refractivity contribution is 6.32. The highest BCUT2D eigenvalue weighted by Crippen LogP contribution is 2.25. The normalized spacial score (nSPS) is 10.3. The van der Waals surface area contributed by atoms with E-state index in [1.165, 1.54) is 6.07 Å². The average Bonchev–Trinajstić information content (AvgIpc) is 2.32. The Morgan fingerprint density at radius 2 is 1.82 bits per heavy atom. The first kappa shape index (κ1) is 12.4. The molecule has 0 unspecified atom stereocenters. The zero-order chi connectivity index (χ0) is 12.3. The largest absolute Gasteiger partial charge is 0.485 e. The van der Waals surface area contributed by atoms with Gasteiger partial charge in [0.25, 0.3) is 0 Å². The van der Waals surface area contributed by atoms with Gasteiger partial charge in [0, 0.05) is 16.7 Å². The van der Waals surface area contributed by atoms with Crippen molar-refractivity contribution in [2.24, 2.45) is 0 Å². The molecular formula is C11H7Cl3N2O. The SMILES string of the molecule is Clc1cc(OCc2ccccc2Cl)c(Cl)nn1. The van der Waals surface area contributed by atoms with Crippen molar-refractivity contribution < 1.29 is 4.74 Å². The van der Waals surface area contributed by atoms with Crippen molar-refractivity contribution in [1.82, 2.24) is 10.2 Å². The van der Waals surface area contributed by atoms with E-state index in [4.69, 9.17) is 39.5 Å². The van der Waals surface area contributed by atoms with Crippen LogP contribution in [0.15, 0.2) is 30.3 Å². The Labute approximate surface area is 113 Å². The van der Waals surface area contributed by atoms with E-state index >= 15 is 0 Å². The summed E-state index contributed by atoms with van der Waals surface area (Å²) in [5.41, 5.74) is 0.859. The van der Waals surface area contributed by atoms with E-state index in [0.717, 1.165) is 5.56 Å². The summed E-state index contributed by atoms with van der Waals surface area (Å²) in [6.45, 7) is 0.293. The van der Waals surface area contributed by atoms with E-state index < -0.39 is 0 Å². The summed E-state index contributed by atoms with van der Waals surface area (Å²) in [7, 11) is 0. The van der Waals surface area contributed by atoms with E-state index in [1.807, 2.05) is 18.2 Å². The molecule has 0 amide bonds. The Hall–Kier alpha value is -1.03. The molecule has 0 aliphatic rings. The lowest BCUT2D eigenvalue weighted by atomic mass is 10.2. The Kier molecular flexibility index (Phi) is 4.05.